The van der Waals surface area contributed by atoms with Crippen molar-refractivity contribution >= 4 is 27.5 Å². The molecular weight excluding hydrogens is 320 g/mol. The van der Waals surface area contributed by atoms with Crippen molar-refractivity contribution in [1.82, 2.24) is 4.90 Å². The van der Waals surface area contributed by atoms with Crippen LogP contribution in [0.15, 0.2) is 45.3 Å². The first kappa shape index (κ1) is 14.7. The van der Waals surface area contributed by atoms with E-state index in [2.05, 4.69) is 21.2 Å². The molecule has 0 unspecified atom stereocenters. The first-order chi connectivity index (χ1) is 9.54. The highest BCUT2D eigenvalue weighted by Gasteiger charge is 2.10. The van der Waals surface area contributed by atoms with Crippen molar-refractivity contribution in [2.75, 3.05) is 18.9 Å². The third-order valence-electron chi connectivity index (χ3n) is 2.88. The minimum Gasteiger partial charge on any atom is -0.464 e. The first-order valence-corrected chi connectivity index (χ1v) is 7.12. The average Bonchev–Trinajstić information content (AvgIpc) is 2.81. The molecule has 0 saturated heterocycles. The predicted octanol–water partition coefficient (Wildman–Crippen LogP) is 3.42. The Bertz CT molecular complexity index is 595. The number of benzene rings is 1. The van der Waals surface area contributed by atoms with Gasteiger partial charge in [-0.3, -0.25) is 4.79 Å². The molecule has 1 aromatic heterocycles. The maximum Gasteiger partial charge on any atom is 0.242 e. The molecule has 1 amide bonds. The Kier molecular flexibility index (Phi) is 4.84. The minimum atomic E-state index is 0.0130. The van der Waals surface area contributed by atoms with Crippen molar-refractivity contribution in [2.24, 2.45) is 0 Å². The lowest BCUT2D eigenvalue weighted by molar-refractivity contribution is -0.128. The zero-order valence-electron chi connectivity index (χ0n) is 11.5. The summed E-state index contributed by atoms with van der Waals surface area (Å²) in [6, 6.07) is 11.5. The molecule has 5 heteroatoms. The minimum absolute atomic E-state index is 0.0130. The smallest absolute Gasteiger partial charge is 0.242 e. The van der Waals surface area contributed by atoms with Crippen molar-refractivity contribution in [3.8, 4) is 0 Å². The van der Waals surface area contributed by atoms with Crippen LogP contribution in [0.1, 0.15) is 11.5 Å². The Hall–Kier alpha value is -1.75. The molecule has 0 aliphatic carbocycles. The Morgan fingerprint density at radius 2 is 2.15 bits per heavy atom. The lowest BCUT2D eigenvalue weighted by Gasteiger charge is -2.16. The molecule has 0 radical (unpaired) electrons. The molecule has 0 bridgehead atoms. The van der Waals surface area contributed by atoms with Crippen LogP contribution in [0, 0.1) is 6.92 Å². The predicted molar refractivity (Wildman–Crippen MR) is 82.6 cm³/mol. The second-order valence-electron chi connectivity index (χ2n) is 4.63. The van der Waals surface area contributed by atoms with Gasteiger partial charge in [-0.2, -0.15) is 0 Å². The lowest BCUT2D eigenvalue weighted by Crippen LogP contribution is -2.31. The number of amides is 1. The van der Waals surface area contributed by atoms with Gasteiger partial charge in [0, 0.05) is 17.2 Å². The van der Waals surface area contributed by atoms with E-state index in [9.17, 15) is 4.79 Å². The summed E-state index contributed by atoms with van der Waals surface area (Å²) in [6.45, 7) is 2.62. The van der Waals surface area contributed by atoms with Gasteiger partial charge in [-0.25, -0.2) is 0 Å². The third-order valence-corrected chi connectivity index (χ3v) is 3.38. The second-order valence-corrected chi connectivity index (χ2v) is 5.54. The number of carbonyl (C=O) groups is 1. The average molecular weight is 337 g/mol. The Labute approximate surface area is 126 Å². The third kappa shape index (κ3) is 4.13. The van der Waals surface area contributed by atoms with E-state index in [4.69, 9.17) is 4.42 Å². The van der Waals surface area contributed by atoms with E-state index in [-0.39, 0.29) is 12.5 Å². The fourth-order valence-corrected chi connectivity index (χ4v) is 2.20. The van der Waals surface area contributed by atoms with Gasteiger partial charge in [0.15, 0.2) is 0 Å². The van der Waals surface area contributed by atoms with Gasteiger partial charge in [0.25, 0.3) is 0 Å². The lowest BCUT2D eigenvalue weighted by atomic mass is 10.3. The van der Waals surface area contributed by atoms with E-state index in [1.165, 1.54) is 0 Å². The number of nitrogens with zero attached hydrogens (tertiary/aromatic N) is 1. The molecule has 20 heavy (non-hydrogen) atoms. The molecule has 2 aromatic rings. The van der Waals surface area contributed by atoms with Crippen LogP contribution in [-0.4, -0.2) is 24.4 Å². The highest BCUT2D eigenvalue weighted by molar-refractivity contribution is 9.10. The van der Waals surface area contributed by atoms with E-state index in [0.717, 1.165) is 21.7 Å². The number of hydrogen-bond acceptors (Lipinski definition) is 3. The normalized spacial score (nSPS) is 10.3. The maximum absolute atomic E-state index is 12.0. The highest BCUT2D eigenvalue weighted by Crippen LogP contribution is 2.15. The summed E-state index contributed by atoms with van der Waals surface area (Å²) in [5.41, 5.74) is 0.912. The SMILES string of the molecule is Cc1ccc(CN(C)C(=O)CNc2cccc(Br)c2)o1. The van der Waals surface area contributed by atoms with Crippen LogP contribution >= 0.6 is 15.9 Å². The summed E-state index contributed by atoms with van der Waals surface area (Å²) < 4.78 is 6.44. The Morgan fingerprint density at radius 1 is 1.35 bits per heavy atom. The fourth-order valence-electron chi connectivity index (χ4n) is 1.80. The number of aryl methyl sites for hydroxylation is 1. The zero-order valence-corrected chi connectivity index (χ0v) is 13.1. The molecule has 0 spiro atoms. The van der Waals surface area contributed by atoms with Crippen LogP contribution < -0.4 is 5.32 Å². The molecule has 106 valence electrons. The van der Waals surface area contributed by atoms with Gasteiger partial charge < -0.3 is 14.6 Å². The molecule has 4 nitrogen and oxygen atoms in total. The van der Waals surface area contributed by atoms with E-state index >= 15 is 0 Å². The monoisotopic (exact) mass is 336 g/mol. The number of nitrogens with one attached hydrogen (secondary N) is 1. The topological polar surface area (TPSA) is 45.5 Å². The van der Waals surface area contributed by atoms with Crippen molar-refractivity contribution in [3.05, 3.63) is 52.4 Å². The van der Waals surface area contributed by atoms with Crippen LogP contribution in [0.3, 0.4) is 0 Å². The molecule has 0 fully saturated rings. The number of furan rings is 1. The Balaban J connectivity index is 1.85. The molecule has 2 rings (SSSR count). The van der Waals surface area contributed by atoms with Crippen molar-refractivity contribution in [2.45, 2.75) is 13.5 Å². The number of halogens is 1. The Morgan fingerprint density at radius 3 is 2.80 bits per heavy atom. The number of hydrogen-bond donors (Lipinski definition) is 1. The molecule has 0 atom stereocenters. The van der Waals surface area contributed by atoms with Gasteiger partial charge in [-0.15, -0.1) is 0 Å². The largest absolute Gasteiger partial charge is 0.464 e. The van der Waals surface area contributed by atoms with Crippen molar-refractivity contribution in [1.29, 1.82) is 0 Å². The standard InChI is InChI=1S/C15H17BrN2O2/c1-11-6-7-14(20-11)10-18(2)15(19)9-17-13-5-3-4-12(16)8-13/h3-8,17H,9-10H2,1-2H3. The highest BCUT2D eigenvalue weighted by atomic mass is 79.9. The quantitative estimate of drug-likeness (QED) is 0.909. The van der Waals surface area contributed by atoms with Crippen molar-refractivity contribution < 1.29 is 9.21 Å². The molecule has 1 N–H and O–H groups in total. The summed E-state index contributed by atoms with van der Waals surface area (Å²) in [6.07, 6.45) is 0. The van der Waals surface area contributed by atoms with Gasteiger partial charge >= 0.3 is 0 Å². The summed E-state index contributed by atoms with van der Waals surface area (Å²) >= 11 is 3.40. The second kappa shape index (κ2) is 6.61. The summed E-state index contributed by atoms with van der Waals surface area (Å²) in [4.78, 5) is 13.7. The van der Waals surface area contributed by atoms with Crippen LogP contribution in [0.4, 0.5) is 5.69 Å². The van der Waals surface area contributed by atoms with Gasteiger partial charge in [-0.05, 0) is 37.3 Å². The molecule has 0 aliphatic rings. The summed E-state index contributed by atoms with van der Waals surface area (Å²) in [7, 11) is 1.77. The zero-order chi connectivity index (χ0) is 14.5. The van der Waals surface area contributed by atoms with Crippen molar-refractivity contribution in [3.63, 3.8) is 0 Å². The van der Waals surface area contributed by atoms with Gasteiger partial charge in [0.2, 0.25) is 5.91 Å². The van der Waals surface area contributed by atoms with Crippen LogP contribution in [0.5, 0.6) is 0 Å². The van der Waals surface area contributed by atoms with E-state index in [0.29, 0.717) is 6.54 Å². The maximum atomic E-state index is 12.0. The number of carbonyl (C=O) groups excluding carboxylic acids is 1. The number of anilines is 1. The van der Waals surface area contributed by atoms with Crippen LogP contribution in [-0.2, 0) is 11.3 Å². The molecule has 0 aliphatic heterocycles. The first-order valence-electron chi connectivity index (χ1n) is 6.33. The van der Waals surface area contributed by atoms with Gasteiger partial charge in [0.1, 0.15) is 11.5 Å². The van der Waals surface area contributed by atoms with E-state index < -0.39 is 0 Å². The molecule has 0 saturated carbocycles. The molecule has 1 heterocycles. The van der Waals surface area contributed by atoms with Crippen LogP contribution in [0.25, 0.3) is 0 Å². The number of rotatable bonds is 5. The van der Waals surface area contributed by atoms with Gasteiger partial charge in [-0.1, -0.05) is 22.0 Å². The summed E-state index contributed by atoms with van der Waals surface area (Å²) in [5, 5.41) is 3.11. The van der Waals surface area contributed by atoms with E-state index in [1.807, 2.05) is 43.3 Å². The summed E-state index contributed by atoms with van der Waals surface area (Å²) in [5.74, 6) is 1.66. The fraction of sp³-hybridized carbons (Fsp3) is 0.267. The van der Waals surface area contributed by atoms with Crippen LogP contribution in [0.2, 0.25) is 0 Å². The number of likely N-dealkylation sites (N-methyl/N-ethyl adjacent to an activating group) is 1. The van der Waals surface area contributed by atoms with E-state index in [1.54, 1.807) is 11.9 Å². The molecule has 1 aromatic carbocycles. The van der Waals surface area contributed by atoms with Gasteiger partial charge in [0.05, 0.1) is 13.1 Å². The molecular formula is C15H17BrN2O2.